The summed E-state index contributed by atoms with van der Waals surface area (Å²) in [5.74, 6) is 0. The Kier molecular flexibility index (Phi) is 5.85. The number of rotatable bonds is 4. The molecule has 1 N–H and O–H groups in total. The zero-order chi connectivity index (χ0) is 15.2. The van der Waals surface area contributed by atoms with Gasteiger partial charge in [0, 0.05) is 38.4 Å². The predicted octanol–water partition coefficient (Wildman–Crippen LogP) is 3.39. The molecule has 0 unspecified atom stereocenters. The van der Waals surface area contributed by atoms with E-state index in [9.17, 15) is 0 Å². The van der Waals surface area contributed by atoms with Gasteiger partial charge in [0.25, 0.3) is 0 Å². The molecule has 0 atom stereocenters. The molecule has 0 radical (unpaired) electrons. The molecular weight excluding hydrogens is 278 g/mol. The molecule has 0 spiro atoms. The van der Waals surface area contributed by atoms with E-state index in [0.717, 1.165) is 11.7 Å². The van der Waals surface area contributed by atoms with Gasteiger partial charge in [0.15, 0.2) is 5.11 Å². The second-order valence-electron chi connectivity index (χ2n) is 6.14. The molecule has 1 aliphatic rings. The summed E-state index contributed by atoms with van der Waals surface area (Å²) in [6.45, 7) is 7.43. The van der Waals surface area contributed by atoms with E-state index in [4.69, 9.17) is 12.2 Å². The summed E-state index contributed by atoms with van der Waals surface area (Å²) >= 11 is 5.45. The zero-order valence-electron chi connectivity index (χ0n) is 13.4. The molecule has 1 aromatic carbocycles. The Morgan fingerprint density at radius 1 is 1.24 bits per heavy atom. The first-order valence-electron chi connectivity index (χ1n) is 7.92. The van der Waals surface area contributed by atoms with Crippen molar-refractivity contribution in [1.82, 2.24) is 10.2 Å². The smallest absolute Gasteiger partial charge is 0.169 e. The normalized spacial score (nSPS) is 15.1. The lowest BCUT2D eigenvalue weighted by atomic mass is 10.1. The number of nitrogens with zero attached hydrogens (tertiary/aromatic N) is 2. The van der Waals surface area contributed by atoms with Crippen molar-refractivity contribution in [2.24, 2.45) is 0 Å². The molecule has 1 aromatic rings. The van der Waals surface area contributed by atoms with Crippen molar-refractivity contribution >= 4 is 23.0 Å². The molecule has 1 heterocycles. The van der Waals surface area contributed by atoms with Crippen molar-refractivity contribution in [3.63, 3.8) is 0 Å². The third-order valence-corrected chi connectivity index (χ3v) is 4.28. The van der Waals surface area contributed by atoms with Crippen molar-refractivity contribution < 1.29 is 0 Å². The molecule has 1 aliphatic heterocycles. The maximum Gasteiger partial charge on any atom is 0.169 e. The van der Waals surface area contributed by atoms with Crippen LogP contribution in [0.3, 0.4) is 0 Å². The van der Waals surface area contributed by atoms with Gasteiger partial charge >= 0.3 is 0 Å². The van der Waals surface area contributed by atoms with Crippen LogP contribution in [0, 0.1) is 0 Å². The quantitative estimate of drug-likeness (QED) is 0.859. The van der Waals surface area contributed by atoms with Gasteiger partial charge in [0.1, 0.15) is 0 Å². The highest BCUT2D eigenvalue weighted by Crippen LogP contribution is 2.25. The van der Waals surface area contributed by atoms with Crippen LogP contribution in [0.2, 0.25) is 0 Å². The number of nitrogens with one attached hydrogen (secondary N) is 1. The summed E-state index contributed by atoms with van der Waals surface area (Å²) in [5.41, 5.74) is 2.73. The average molecular weight is 305 g/mol. The van der Waals surface area contributed by atoms with Gasteiger partial charge in [0.05, 0.1) is 0 Å². The van der Waals surface area contributed by atoms with Gasteiger partial charge in [-0.2, -0.15) is 0 Å². The van der Waals surface area contributed by atoms with Gasteiger partial charge in [-0.25, -0.2) is 0 Å². The highest BCUT2D eigenvalue weighted by atomic mass is 32.1. The van der Waals surface area contributed by atoms with Crippen LogP contribution in [0.4, 0.5) is 5.69 Å². The highest BCUT2D eigenvalue weighted by molar-refractivity contribution is 7.80. The fourth-order valence-corrected chi connectivity index (χ4v) is 3.07. The average Bonchev–Trinajstić information content (AvgIpc) is 2.48. The van der Waals surface area contributed by atoms with Gasteiger partial charge in [-0.1, -0.05) is 18.2 Å². The van der Waals surface area contributed by atoms with Crippen LogP contribution in [0.25, 0.3) is 0 Å². The van der Waals surface area contributed by atoms with Crippen LogP contribution >= 0.6 is 12.2 Å². The third kappa shape index (κ3) is 4.60. The number of hydrogen-bond donors (Lipinski definition) is 1. The lowest BCUT2D eigenvalue weighted by molar-refractivity contribution is 0.479. The first-order valence-corrected chi connectivity index (χ1v) is 8.33. The van der Waals surface area contributed by atoms with Gasteiger partial charge in [-0.05, 0) is 57.0 Å². The predicted molar refractivity (Wildman–Crippen MR) is 94.8 cm³/mol. The van der Waals surface area contributed by atoms with Crippen LogP contribution in [0.15, 0.2) is 24.3 Å². The zero-order valence-corrected chi connectivity index (χ0v) is 14.2. The minimum absolute atomic E-state index is 0.372. The Morgan fingerprint density at radius 2 is 1.90 bits per heavy atom. The van der Waals surface area contributed by atoms with Crippen LogP contribution in [0.5, 0.6) is 0 Å². The summed E-state index contributed by atoms with van der Waals surface area (Å²) in [6.07, 6.45) is 3.97. The molecule has 2 rings (SSSR count). The highest BCUT2D eigenvalue weighted by Gasteiger charge is 2.15. The topological polar surface area (TPSA) is 18.5 Å². The lowest BCUT2D eigenvalue weighted by Crippen LogP contribution is -2.40. The molecular formula is C17H27N3S. The minimum Gasteiger partial charge on any atom is -0.371 e. The largest absolute Gasteiger partial charge is 0.371 e. The maximum atomic E-state index is 5.45. The van der Waals surface area contributed by atoms with E-state index in [1.54, 1.807) is 0 Å². The van der Waals surface area contributed by atoms with Crippen molar-refractivity contribution in [3.05, 3.63) is 29.8 Å². The molecule has 4 heteroatoms. The molecule has 1 fully saturated rings. The maximum absolute atomic E-state index is 5.45. The first-order chi connectivity index (χ1) is 10.1. The Balaban J connectivity index is 2.07. The van der Waals surface area contributed by atoms with Crippen molar-refractivity contribution in [2.75, 3.05) is 25.0 Å². The van der Waals surface area contributed by atoms with E-state index in [0.29, 0.717) is 6.04 Å². The Labute approximate surface area is 134 Å². The molecule has 21 heavy (non-hydrogen) atoms. The summed E-state index contributed by atoms with van der Waals surface area (Å²) in [6, 6.07) is 9.09. The standard InChI is InChI=1S/C17H27N3S/c1-14(2)18-17(21)19(3)13-15-9-5-6-10-16(15)20-11-7-4-8-12-20/h5-6,9-10,14H,4,7-8,11-13H2,1-3H3,(H,18,21). The number of anilines is 1. The van der Waals surface area contributed by atoms with Crippen molar-refractivity contribution in [3.8, 4) is 0 Å². The van der Waals surface area contributed by atoms with Gasteiger partial charge < -0.3 is 15.1 Å². The SMILES string of the molecule is CC(C)NC(=S)N(C)Cc1ccccc1N1CCCCC1. The minimum atomic E-state index is 0.372. The Morgan fingerprint density at radius 3 is 2.57 bits per heavy atom. The Bertz CT molecular complexity index is 467. The third-order valence-electron chi connectivity index (χ3n) is 3.85. The van der Waals surface area contributed by atoms with E-state index in [1.165, 1.54) is 43.6 Å². The summed E-state index contributed by atoms with van der Waals surface area (Å²) in [4.78, 5) is 4.64. The van der Waals surface area contributed by atoms with Crippen LogP contribution < -0.4 is 10.2 Å². The number of benzene rings is 1. The molecule has 0 aromatic heterocycles. The first kappa shape index (κ1) is 16.1. The second-order valence-corrected chi connectivity index (χ2v) is 6.52. The second kappa shape index (κ2) is 7.64. The lowest BCUT2D eigenvalue weighted by Gasteiger charge is -2.32. The molecule has 116 valence electrons. The summed E-state index contributed by atoms with van der Waals surface area (Å²) < 4.78 is 0. The van der Waals surface area contributed by atoms with E-state index in [-0.39, 0.29) is 0 Å². The number of thiocarbonyl (C=S) groups is 1. The fourth-order valence-electron chi connectivity index (χ4n) is 2.77. The molecule has 0 amide bonds. The van der Waals surface area contributed by atoms with Crippen LogP contribution in [-0.4, -0.2) is 36.2 Å². The molecule has 0 aliphatic carbocycles. The van der Waals surface area contributed by atoms with Crippen LogP contribution in [0.1, 0.15) is 38.7 Å². The van der Waals surface area contributed by atoms with E-state index in [2.05, 4.69) is 60.3 Å². The molecule has 0 saturated carbocycles. The van der Waals surface area contributed by atoms with Crippen molar-refractivity contribution in [1.29, 1.82) is 0 Å². The summed E-state index contributed by atoms with van der Waals surface area (Å²) in [5, 5.41) is 4.12. The number of piperidine rings is 1. The molecule has 3 nitrogen and oxygen atoms in total. The van der Waals surface area contributed by atoms with Crippen molar-refractivity contribution in [2.45, 2.75) is 45.7 Å². The molecule has 0 bridgehead atoms. The monoisotopic (exact) mass is 305 g/mol. The van der Waals surface area contributed by atoms with Gasteiger partial charge in [-0.15, -0.1) is 0 Å². The molecule has 1 saturated heterocycles. The van der Waals surface area contributed by atoms with Gasteiger partial charge in [0.2, 0.25) is 0 Å². The fraction of sp³-hybridized carbons (Fsp3) is 0.588. The van der Waals surface area contributed by atoms with E-state index in [1.807, 2.05) is 0 Å². The van der Waals surface area contributed by atoms with E-state index >= 15 is 0 Å². The number of para-hydroxylation sites is 1. The van der Waals surface area contributed by atoms with Gasteiger partial charge in [-0.3, -0.25) is 0 Å². The van der Waals surface area contributed by atoms with Crippen LogP contribution in [-0.2, 0) is 6.54 Å². The Hall–Kier alpha value is -1.29. The number of hydrogen-bond acceptors (Lipinski definition) is 2. The summed E-state index contributed by atoms with van der Waals surface area (Å²) in [7, 11) is 2.06. The van der Waals surface area contributed by atoms with E-state index < -0.39 is 0 Å².